The summed E-state index contributed by atoms with van der Waals surface area (Å²) in [7, 11) is 0. The second-order valence-corrected chi connectivity index (χ2v) is 5.64. The SMILES string of the molecule is CC(C)(CCOCc1ccc(Br)cc1)C(=N)N. The number of benzene rings is 1. The van der Waals surface area contributed by atoms with E-state index in [2.05, 4.69) is 15.9 Å². The molecule has 4 heteroatoms. The fourth-order valence-electron chi connectivity index (χ4n) is 1.23. The summed E-state index contributed by atoms with van der Waals surface area (Å²) in [5.74, 6) is 0.213. The highest BCUT2D eigenvalue weighted by Gasteiger charge is 2.20. The minimum atomic E-state index is -0.278. The van der Waals surface area contributed by atoms with Crippen LogP contribution in [-0.4, -0.2) is 12.4 Å². The third-order valence-electron chi connectivity index (χ3n) is 2.78. The van der Waals surface area contributed by atoms with E-state index in [0.717, 1.165) is 16.5 Å². The van der Waals surface area contributed by atoms with Crippen LogP contribution in [0.3, 0.4) is 0 Å². The molecule has 0 aliphatic carbocycles. The molecule has 0 bridgehead atoms. The Morgan fingerprint density at radius 1 is 1.35 bits per heavy atom. The van der Waals surface area contributed by atoms with Gasteiger partial charge in [0.05, 0.1) is 12.4 Å². The van der Waals surface area contributed by atoms with Crippen molar-refractivity contribution < 1.29 is 4.74 Å². The highest BCUT2D eigenvalue weighted by molar-refractivity contribution is 9.10. The predicted molar refractivity (Wildman–Crippen MR) is 74.1 cm³/mol. The van der Waals surface area contributed by atoms with E-state index in [1.165, 1.54) is 0 Å². The first-order valence-corrected chi connectivity index (χ1v) is 6.38. The Hall–Kier alpha value is -0.870. The quantitative estimate of drug-likeness (QED) is 0.481. The van der Waals surface area contributed by atoms with Crippen LogP contribution in [0.1, 0.15) is 25.8 Å². The van der Waals surface area contributed by atoms with Gasteiger partial charge in [-0.3, -0.25) is 5.41 Å². The fourth-order valence-corrected chi connectivity index (χ4v) is 1.50. The number of hydrogen-bond acceptors (Lipinski definition) is 2. The van der Waals surface area contributed by atoms with Gasteiger partial charge in [-0.2, -0.15) is 0 Å². The van der Waals surface area contributed by atoms with Crippen LogP contribution in [0.5, 0.6) is 0 Å². The van der Waals surface area contributed by atoms with Crippen LogP contribution in [0.2, 0.25) is 0 Å². The van der Waals surface area contributed by atoms with Gasteiger partial charge in [0.15, 0.2) is 0 Å². The minimum absolute atomic E-state index is 0.213. The minimum Gasteiger partial charge on any atom is -0.387 e. The molecular formula is C13H19BrN2O. The zero-order chi connectivity index (χ0) is 12.9. The Morgan fingerprint density at radius 3 is 2.47 bits per heavy atom. The van der Waals surface area contributed by atoms with Crippen LogP contribution < -0.4 is 5.73 Å². The normalized spacial score (nSPS) is 11.5. The van der Waals surface area contributed by atoms with E-state index in [1.54, 1.807) is 0 Å². The summed E-state index contributed by atoms with van der Waals surface area (Å²) in [5.41, 5.74) is 6.37. The summed E-state index contributed by atoms with van der Waals surface area (Å²) in [5, 5.41) is 7.44. The van der Waals surface area contributed by atoms with Crippen molar-refractivity contribution in [1.29, 1.82) is 5.41 Å². The highest BCUT2D eigenvalue weighted by atomic mass is 79.9. The monoisotopic (exact) mass is 298 g/mol. The summed E-state index contributed by atoms with van der Waals surface area (Å²) >= 11 is 3.39. The molecule has 3 nitrogen and oxygen atoms in total. The Kier molecular flexibility index (Phi) is 5.15. The Morgan fingerprint density at radius 2 is 1.94 bits per heavy atom. The van der Waals surface area contributed by atoms with Crippen LogP contribution in [0, 0.1) is 10.8 Å². The molecule has 0 aliphatic rings. The average molecular weight is 299 g/mol. The number of halogens is 1. The van der Waals surface area contributed by atoms with Crippen molar-refractivity contribution in [2.24, 2.45) is 11.1 Å². The first-order chi connectivity index (χ1) is 7.92. The van der Waals surface area contributed by atoms with Gasteiger partial charge in [0.25, 0.3) is 0 Å². The largest absolute Gasteiger partial charge is 0.387 e. The maximum Gasteiger partial charge on any atom is 0.0963 e. The van der Waals surface area contributed by atoms with Crippen LogP contribution in [0.15, 0.2) is 28.7 Å². The zero-order valence-corrected chi connectivity index (χ0v) is 11.9. The molecule has 0 saturated heterocycles. The van der Waals surface area contributed by atoms with E-state index >= 15 is 0 Å². The molecule has 17 heavy (non-hydrogen) atoms. The van der Waals surface area contributed by atoms with Crippen LogP contribution in [0.25, 0.3) is 0 Å². The van der Waals surface area contributed by atoms with E-state index in [0.29, 0.717) is 13.2 Å². The van der Waals surface area contributed by atoms with Crippen LogP contribution in [0.4, 0.5) is 0 Å². The summed E-state index contributed by atoms with van der Waals surface area (Å²) in [6.45, 7) is 5.13. The van der Waals surface area contributed by atoms with Crippen LogP contribution >= 0.6 is 15.9 Å². The van der Waals surface area contributed by atoms with Gasteiger partial charge in [-0.25, -0.2) is 0 Å². The standard InChI is InChI=1S/C13H19BrN2O/c1-13(2,12(15)16)7-8-17-9-10-3-5-11(14)6-4-10/h3-6H,7-9H2,1-2H3,(H3,15,16). The molecule has 1 aromatic rings. The van der Waals surface area contributed by atoms with E-state index in [4.69, 9.17) is 15.9 Å². The van der Waals surface area contributed by atoms with E-state index in [9.17, 15) is 0 Å². The lowest BCUT2D eigenvalue weighted by Crippen LogP contribution is -2.31. The first-order valence-electron chi connectivity index (χ1n) is 5.58. The van der Waals surface area contributed by atoms with Gasteiger partial charge in [0, 0.05) is 16.5 Å². The maximum absolute atomic E-state index is 7.44. The first kappa shape index (κ1) is 14.2. The lowest BCUT2D eigenvalue weighted by atomic mass is 9.88. The molecule has 0 aliphatic heterocycles. The smallest absolute Gasteiger partial charge is 0.0963 e. The van der Waals surface area contributed by atoms with Crippen molar-refractivity contribution >= 4 is 21.8 Å². The number of rotatable bonds is 6. The number of nitrogens with two attached hydrogens (primary N) is 1. The maximum atomic E-state index is 7.44. The van der Waals surface area contributed by atoms with Crippen molar-refractivity contribution in [3.8, 4) is 0 Å². The van der Waals surface area contributed by atoms with Gasteiger partial charge in [-0.05, 0) is 24.1 Å². The van der Waals surface area contributed by atoms with Gasteiger partial charge in [0.1, 0.15) is 0 Å². The summed E-state index contributed by atoms with van der Waals surface area (Å²) < 4.78 is 6.65. The zero-order valence-electron chi connectivity index (χ0n) is 10.3. The average Bonchev–Trinajstić information content (AvgIpc) is 2.26. The van der Waals surface area contributed by atoms with Gasteiger partial charge in [-0.1, -0.05) is 41.9 Å². The lowest BCUT2D eigenvalue weighted by molar-refractivity contribution is 0.104. The molecule has 1 rings (SSSR count). The molecule has 94 valence electrons. The van der Waals surface area contributed by atoms with E-state index < -0.39 is 0 Å². The Labute approximate surface area is 111 Å². The number of ether oxygens (including phenoxy) is 1. The molecule has 0 fully saturated rings. The van der Waals surface area contributed by atoms with Crippen molar-refractivity contribution in [2.45, 2.75) is 26.9 Å². The molecule has 3 N–H and O–H groups in total. The molecular weight excluding hydrogens is 280 g/mol. The van der Waals surface area contributed by atoms with Gasteiger partial charge >= 0.3 is 0 Å². The van der Waals surface area contributed by atoms with Gasteiger partial charge in [-0.15, -0.1) is 0 Å². The molecule has 0 atom stereocenters. The molecule has 0 spiro atoms. The predicted octanol–water partition coefficient (Wildman–Crippen LogP) is 3.32. The molecule has 0 heterocycles. The van der Waals surface area contributed by atoms with Crippen LogP contribution in [-0.2, 0) is 11.3 Å². The molecule has 1 aromatic carbocycles. The van der Waals surface area contributed by atoms with E-state index in [-0.39, 0.29) is 11.3 Å². The van der Waals surface area contributed by atoms with Crippen molar-refractivity contribution in [3.05, 3.63) is 34.3 Å². The summed E-state index contributed by atoms with van der Waals surface area (Å²) in [6.07, 6.45) is 0.763. The highest BCUT2D eigenvalue weighted by Crippen LogP contribution is 2.19. The topological polar surface area (TPSA) is 59.1 Å². The number of nitrogens with one attached hydrogen (secondary N) is 1. The van der Waals surface area contributed by atoms with Crippen molar-refractivity contribution in [2.75, 3.05) is 6.61 Å². The Bertz CT molecular complexity index is 374. The van der Waals surface area contributed by atoms with Gasteiger partial charge in [0.2, 0.25) is 0 Å². The summed E-state index contributed by atoms with van der Waals surface area (Å²) in [6, 6.07) is 8.05. The molecule has 0 amide bonds. The van der Waals surface area contributed by atoms with Gasteiger partial charge < -0.3 is 10.5 Å². The summed E-state index contributed by atoms with van der Waals surface area (Å²) in [4.78, 5) is 0. The molecule has 0 saturated carbocycles. The van der Waals surface area contributed by atoms with Crippen molar-refractivity contribution in [1.82, 2.24) is 0 Å². The second kappa shape index (κ2) is 6.17. The van der Waals surface area contributed by atoms with E-state index in [1.807, 2.05) is 38.1 Å². The second-order valence-electron chi connectivity index (χ2n) is 4.73. The molecule has 0 aromatic heterocycles. The number of hydrogen-bond donors (Lipinski definition) is 2. The number of amidine groups is 1. The molecule has 0 unspecified atom stereocenters. The lowest BCUT2D eigenvalue weighted by Gasteiger charge is -2.22. The molecule has 0 radical (unpaired) electrons. The van der Waals surface area contributed by atoms with Crippen molar-refractivity contribution in [3.63, 3.8) is 0 Å². The Balaban J connectivity index is 2.29. The third-order valence-corrected chi connectivity index (χ3v) is 3.31. The fraction of sp³-hybridized carbons (Fsp3) is 0.462. The third kappa shape index (κ3) is 4.88.